The average molecular weight is 484 g/mol. The summed E-state index contributed by atoms with van der Waals surface area (Å²) in [6.45, 7) is 8.33. The Bertz CT molecular complexity index is 966. The van der Waals surface area contributed by atoms with Crippen LogP contribution in [0.5, 0.6) is 5.75 Å². The van der Waals surface area contributed by atoms with E-state index in [9.17, 15) is 13.5 Å². The van der Waals surface area contributed by atoms with Crippen molar-refractivity contribution in [3.63, 3.8) is 0 Å². The fourth-order valence-electron chi connectivity index (χ4n) is 3.41. The van der Waals surface area contributed by atoms with Crippen LogP contribution in [-0.2, 0) is 27.3 Å². The molecule has 1 atom stereocenters. The fraction of sp³-hybridized carbons (Fsp3) is 0.455. The number of aliphatic hydroxyl groups is 1. The fourth-order valence-corrected chi connectivity index (χ4v) is 4.43. The van der Waals surface area contributed by atoms with Gasteiger partial charge in [0.05, 0.1) is 20.0 Å². The van der Waals surface area contributed by atoms with Gasteiger partial charge in [0.2, 0.25) is 10.0 Å². The zero-order valence-electron chi connectivity index (χ0n) is 17.8. The molecule has 29 heavy (non-hydrogen) atoms. The van der Waals surface area contributed by atoms with E-state index in [1.165, 1.54) is 0 Å². The minimum absolute atomic E-state index is 0.0628. The van der Waals surface area contributed by atoms with Crippen LogP contribution in [0.25, 0.3) is 0 Å². The number of ether oxygens (including phenoxy) is 1. The molecule has 0 aromatic heterocycles. The molecule has 0 saturated heterocycles. The predicted octanol–water partition coefficient (Wildman–Crippen LogP) is 4.62. The van der Waals surface area contributed by atoms with E-state index in [4.69, 9.17) is 4.74 Å². The first-order valence-corrected chi connectivity index (χ1v) is 12.0. The van der Waals surface area contributed by atoms with Crippen LogP contribution in [0.1, 0.15) is 44.4 Å². The van der Waals surface area contributed by atoms with Crippen LogP contribution >= 0.6 is 15.9 Å². The van der Waals surface area contributed by atoms with E-state index in [0.717, 1.165) is 33.2 Å². The number of methoxy groups -OCH3 is 1. The predicted molar refractivity (Wildman–Crippen MR) is 122 cm³/mol. The minimum Gasteiger partial charge on any atom is -0.496 e. The van der Waals surface area contributed by atoms with Gasteiger partial charge in [0.15, 0.2) is 0 Å². The molecule has 0 aliphatic carbocycles. The normalized spacial score (nSPS) is 14.3. The highest BCUT2D eigenvalue weighted by Crippen LogP contribution is 2.43. The maximum atomic E-state index is 11.4. The summed E-state index contributed by atoms with van der Waals surface area (Å²) in [7, 11) is -1.66. The minimum atomic E-state index is -3.32. The Kier molecular flexibility index (Phi) is 7.08. The molecule has 0 aliphatic rings. The van der Waals surface area contributed by atoms with E-state index >= 15 is 0 Å². The summed E-state index contributed by atoms with van der Waals surface area (Å²) in [6.07, 6.45) is 1.69. The molecule has 2 rings (SSSR count). The molecular formula is C22H30BrNO4S. The van der Waals surface area contributed by atoms with E-state index in [2.05, 4.69) is 47.5 Å². The van der Waals surface area contributed by atoms with Crippen molar-refractivity contribution in [2.45, 2.75) is 44.9 Å². The first-order chi connectivity index (χ1) is 13.3. The number of nitrogens with one attached hydrogen (secondary N) is 1. The van der Waals surface area contributed by atoms with Gasteiger partial charge in [-0.25, -0.2) is 8.42 Å². The van der Waals surface area contributed by atoms with Crippen molar-refractivity contribution in [2.75, 3.05) is 24.7 Å². The second kappa shape index (κ2) is 8.66. The number of hydrogen-bond acceptors (Lipinski definition) is 4. The van der Waals surface area contributed by atoms with E-state index in [1.807, 2.05) is 25.1 Å². The maximum absolute atomic E-state index is 11.4. The van der Waals surface area contributed by atoms with Crippen LogP contribution in [0.4, 0.5) is 5.69 Å². The van der Waals surface area contributed by atoms with Crippen molar-refractivity contribution in [3.05, 3.63) is 57.6 Å². The van der Waals surface area contributed by atoms with Crippen LogP contribution in [0.15, 0.2) is 40.9 Å². The van der Waals surface area contributed by atoms with Gasteiger partial charge >= 0.3 is 0 Å². The number of halogens is 1. The number of benzene rings is 2. The Morgan fingerprint density at radius 1 is 1.07 bits per heavy atom. The smallest absolute Gasteiger partial charge is 0.229 e. The van der Waals surface area contributed by atoms with Gasteiger partial charge in [-0.1, -0.05) is 55.8 Å². The van der Waals surface area contributed by atoms with Gasteiger partial charge < -0.3 is 9.84 Å². The number of aliphatic hydroxyl groups excluding tert-OH is 1. The molecular weight excluding hydrogens is 454 g/mol. The van der Waals surface area contributed by atoms with Crippen LogP contribution in [0, 0.1) is 0 Å². The average Bonchev–Trinajstić information content (AvgIpc) is 2.60. The lowest BCUT2D eigenvalue weighted by atomic mass is 9.74. The summed E-state index contributed by atoms with van der Waals surface area (Å²) >= 11 is 3.61. The molecule has 0 aliphatic heterocycles. The zero-order chi connectivity index (χ0) is 22.0. The van der Waals surface area contributed by atoms with Crippen molar-refractivity contribution in [1.29, 1.82) is 0 Å². The lowest BCUT2D eigenvalue weighted by molar-refractivity contribution is 0.200. The molecule has 0 amide bonds. The van der Waals surface area contributed by atoms with E-state index in [0.29, 0.717) is 12.1 Å². The van der Waals surface area contributed by atoms with Gasteiger partial charge in [0, 0.05) is 26.7 Å². The molecule has 1 unspecified atom stereocenters. The van der Waals surface area contributed by atoms with Gasteiger partial charge in [-0.15, -0.1) is 0 Å². The van der Waals surface area contributed by atoms with Crippen LogP contribution in [-0.4, -0.2) is 33.5 Å². The molecule has 2 aromatic rings. The van der Waals surface area contributed by atoms with Gasteiger partial charge in [-0.05, 0) is 41.7 Å². The van der Waals surface area contributed by atoms with E-state index in [1.54, 1.807) is 19.2 Å². The highest BCUT2D eigenvalue weighted by Gasteiger charge is 2.33. The first kappa shape index (κ1) is 23.7. The van der Waals surface area contributed by atoms with Crippen LogP contribution < -0.4 is 9.46 Å². The molecule has 0 bridgehead atoms. The molecule has 5 nitrogen and oxygen atoms in total. The highest BCUT2D eigenvalue weighted by molar-refractivity contribution is 9.10. The lowest BCUT2D eigenvalue weighted by Gasteiger charge is -2.33. The first-order valence-electron chi connectivity index (χ1n) is 9.35. The topological polar surface area (TPSA) is 75.6 Å². The molecule has 160 valence electrons. The van der Waals surface area contributed by atoms with E-state index < -0.39 is 15.4 Å². The van der Waals surface area contributed by atoms with E-state index in [-0.39, 0.29) is 12.0 Å². The second-order valence-electron chi connectivity index (χ2n) is 8.75. The molecule has 0 saturated carbocycles. The Hall–Kier alpha value is -1.57. The van der Waals surface area contributed by atoms with Gasteiger partial charge in [0.25, 0.3) is 0 Å². The molecule has 0 spiro atoms. The quantitative estimate of drug-likeness (QED) is 0.602. The second-order valence-corrected chi connectivity index (χ2v) is 11.4. The monoisotopic (exact) mass is 483 g/mol. The van der Waals surface area contributed by atoms with Crippen molar-refractivity contribution in [1.82, 2.24) is 0 Å². The third-order valence-corrected chi connectivity index (χ3v) is 5.98. The third kappa shape index (κ3) is 5.96. The van der Waals surface area contributed by atoms with Crippen molar-refractivity contribution < 1.29 is 18.3 Å². The molecule has 2 aromatic carbocycles. The van der Waals surface area contributed by atoms with Crippen LogP contribution in [0.2, 0.25) is 0 Å². The van der Waals surface area contributed by atoms with Crippen molar-refractivity contribution in [3.8, 4) is 5.75 Å². The lowest BCUT2D eigenvalue weighted by Crippen LogP contribution is -2.31. The summed E-state index contributed by atoms with van der Waals surface area (Å²) in [5.74, 6) is 0.785. The van der Waals surface area contributed by atoms with Gasteiger partial charge in [0.1, 0.15) is 5.75 Å². The third-order valence-electron chi connectivity index (χ3n) is 4.92. The standard InChI is InChI=1S/C22H30BrNO4S/c1-21(2,3)18-11-16(23)12-19(20(18)28-5)22(4,14-25)13-15-7-9-17(10-8-15)24-29(6,26)27/h7-12,24-25H,13-14H2,1-6H3. The van der Waals surface area contributed by atoms with Crippen molar-refractivity contribution >= 4 is 31.6 Å². The zero-order valence-corrected chi connectivity index (χ0v) is 20.2. The molecule has 0 heterocycles. The molecule has 7 heteroatoms. The number of anilines is 1. The summed E-state index contributed by atoms with van der Waals surface area (Å²) in [5.41, 5.74) is 2.79. The summed E-state index contributed by atoms with van der Waals surface area (Å²) < 4.78 is 32.0. The summed E-state index contributed by atoms with van der Waals surface area (Å²) in [4.78, 5) is 0. The molecule has 0 radical (unpaired) electrons. The Morgan fingerprint density at radius 3 is 2.07 bits per heavy atom. The molecule has 2 N–H and O–H groups in total. The number of sulfonamides is 1. The summed E-state index contributed by atoms with van der Waals surface area (Å²) in [6, 6.07) is 11.3. The highest BCUT2D eigenvalue weighted by atomic mass is 79.9. The van der Waals surface area contributed by atoms with Gasteiger partial charge in [-0.3, -0.25) is 4.72 Å². The van der Waals surface area contributed by atoms with Crippen molar-refractivity contribution in [2.24, 2.45) is 0 Å². The number of rotatable bonds is 7. The SMILES string of the molecule is COc1c(C(C)(C)C)cc(Br)cc1C(C)(CO)Cc1ccc(NS(C)(=O)=O)cc1. The summed E-state index contributed by atoms with van der Waals surface area (Å²) in [5, 5.41) is 10.3. The Morgan fingerprint density at radius 2 is 1.62 bits per heavy atom. The number of hydrogen-bond donors (Lipinski definition) is 2. The largest absolute Gasteiger partial charge is 0.496 e. The van der Waals surface area contributed by atoms with Crippen LogP contribution in [0.3, 0.4) is 0 Å². The van der Waals surface area contributed by atoms with Gasteiger partial charge in [-0.2, -0.15) is 0 Å². The Balaban J connectivity index is 2.47. The maximum Gasteiger partial charge on any atom is 0.229 e. The molecule has 0 fully saturated rings. The Labute approximate surface area is 182 Å².